The highest BCUT2D eigenvalue weighted by atomic mass is 32.2. The zero-order valence-corrected chi connectivity index (χ0v) is 20.9. The number of nitrogens with one attached hydrogen (secondary N) is 1. The normalized spacial score (nSPS) is 15.1. The third kappa shape index (κ3) is 6.01. The maximum absolute atomic E-state index is 12.3. The number of carbonyl (C=O) groups is 1. The minimum atomic E-state index is -3.54. The molecule has 3 N–H and O–H groups in total. The third-order valence-corrected chi connectivity index (χ3v) is 8.12. The minimum Gasteiger partial charge on any atom is -0.368 e. The van der Waals surface area contributed by atoms with E-state index in [2.05, 4.69) is 23.4 Å². The Morgan fingerprint density at radius 1 is 1.29 bits per heavy atom. The number of hydrogen-bond donors (Lipinski definition) is 2. The Morgan fingerprint density at radius 2 is 1.91 bits per heavy atom. The van der Waals surface area contributed by atoms with Crippen LogP contribution in [0.25, 0.3) is 0 Å². The molecule has 2 heterocycles. The second kappa shape index (κ2) is 11.4. The van der Waals surface area contributed by atoms with Crippen molar-refractivity contribution in [2.45, 2.75) is 42.5 Å². The lowest BCUT2D eigenvalue weighted by Gasteiger charge is -2.34. The summed E-state index contributed by atoms with van der Waals surface area (Å²) in [4.78, 5) is 18.9. The number of anilines is 1. The lowest BCUT2D eigenvalue weighted by atomic mass is 10.00. The molecular formula is C24H26N6O3S2. The van der Waals surface area contributed by atoms with Crippen molar-refractivity contribution < 1.29 is 13.2 Å². The van der Waals surface area contributed by atoms with Crippen LogP contribution in [0.2, 0.25) is 0 Å². The van der Waals surface area contributed by atoms with Crippen LogP contribution >= 0.6 is 11.8 Å². The highest BCUT2D eigenvalue weighted by Gasteiger charge is 2.29. The highest BCUT2D eigenvalue weighted by molar-refractivity contribution is 8.00. The number of aromatic nitrogens is 1. The van der Waals surface area contributed by atoms with Gasteiger partial charge in [0.1, 0.15) is 28.2 Å². The highest BCUT2D eigenvalue weighted by Crippen LogP contribution is 2.39. The number of hydrogen-bond acceptors (Lipinski definition) is 8. The first kappa shape index (κ1) is 26.2. The van der Waals surface area contributed by atoms with Gasteiger partial charge in [0.05, 0.1) is 11.1 Å². The van der Waals surface area contributed by atoms with Crippen LogP contribution in [0.4, 0.5) is 5.82 Å². The molecule has 11 heteroatoms. The summed E-state index contributed by atoms with van der Waals surface area (Å²) in [5.74, 6) is -0.140. The van der Waals surface area contributed by atoms with E-state index < -0.39 is 21.2 Å². The molecule has 0 aliphatic carbocycles. The van der Waals surface area contributed by atoms with Crippen molar-refractivity contribution >= 4 is 33.5 Å². The van der Waals surface area contributed by atoms with Gasteiger partial charge in [-0.1, -0.05) is 55.6 Å². The van der Waals surface area contributed by atoms with Crippen molar-refractivity contribution in [3.63, 3.8) is 0 Å². The lowest BCUT2D eigenvalue weighted by Crippen LogP contribution is -2.44. The number of pyridine rings is 1. The summed E-state index contributed by atoms with van der Waals surface area (Å²) in [5, 5.41) is 20.3. The van der Waals surface area contributed by atoms with E-state index in [1.807, 2.05) is 17.9 Å². The molecule has 1 aromatic heterocycles. The van der Waals surface area contributed by atoms with E-state index in [0.717, 1.165) is 17.2 Å². The molecule has 1 aliphatic heterocycles. The molecule has 1 fully saturated rings. The number of amides is 1. The van der Waals surface area contributed by atoms with Gasteiger partial charge in [-0.3, -0.25) is 4.79 Å². The van der Waals surface area contributed by atoms with E-state index >= 15 is 0 Å². The first-order chi connectivity index (χ1) is 16.7. The smallest absolute Gasteiger partial charge is 0.235 e. The second-order valence-electron chi connectivity index (χ2n) is 7.95. The Hall–Kier alpha value is -3.38. The molecule has 3 rings (SSSR count). The minimum absolute atomic E-state index is 0.255. The van der Waals surface area contributed by atoms with Gasteiger partial charge in [0.2, 0.25) is 15.9 Å². The molecule has 1 amide bonds. The average molecular weight is 511 g/mol. The maximum atomic E-state index is 12.3. The van der Waals surface area contributed by atoms with Gasteiger partial charge < -0.3 is 10.6 Å². The van der Waals surface area contributed by atoms with Gasteiger partial charge in [0.15, 0.2) is 0 Å². The maximum Gasteiger partial charge on any atom is 0.235 e. The Labute approximate surface area is 209 Å². The number of nitriles is 2. The topological polar surface area (TPSA) is 153 Å². The van der Waals surface area contributed by atoms with Crippen molar-refractivity contribution in [1.82, 2.24) is 9.71 Å². The Kier molecular flexibility index (Phi) is 8.52. The Bertz CT molecular complexity index is 1290. The van der Waals surface area contributed by atoms with Crippen molar-refractivity contribution in [3.8, 4) is 12.1 Å². The lowest BCUT2D eigenvalue weighted by molar-refractivity contribution is -0.117. The van der Waals surface area contributed by atoms with E-state index in [0.29, 0.717) is 59.9 Å². The van der Waals surface area contributed by atoms with Gasteiger partial charge in [-0.15, -0.1) is 0 Å². The number of nitrogens with zero attached hydrogens (tertiary/aromatic N) is 4. The summed E-state index contributed by atoms with van der Waals surface area (Å²) in [6.07, 6.45) is 1.45. The molecule has 9 nitrogen and oxygen atoms in total. The summed E-state index contributed by atoms with van der Waals surface area (Å²) in [6, 6.07) is 13.1. The number of primary amides is 1. The molecular weight excluding hydrogens is 484 g/mol. The number of carbonyl (C=O) groups excluding carboxylic acids is 1. The fourth-order valence-corrected chi connectivity index (χ4v) is 5.87. The molecule has 1 aliphatic rings. The van der Waals surface area contributed by atoms with E-state index in [9.17, 15) is 23.7 Å². The predicted molar refractivity (Wildman–Crippen MR) is 135 cm³/mol. The molecule has 0 saturated carbocycles. The standard InChI is InChI=1S/C24H26N6O3S2/c1-3-18-19(14-25)23(30-12-10-17(11-13-30)29-35(32,33)4-2)28-24(20(18)15-26)34-21(22(27)31)16-8-6-5-7-9-16/h4-9,17,21,29H,2-3,10-13H2,1H3,(H2,27,31). The van der Waals surface area contributed by atoms with Crippen molar-refractivity contribution in [1.29, 1.82) is 10.5 Å². The van der Waals surface area contributed by atoms with Gasteiger partial charge >= 0.3 is 0 Å². The Morgan fingerprint density at radius 3 is 2.43 bits per heavy atom. The van der Waals surface area contributed by atoms with Crippen molar-refractivity contribution in [2.24, 2.45) is 5.73 Å². The van der Waals surface area contributed by atoms with Crippen LogP contribution in [0.15, 0.2) is 47.3 Å². The van der Waals surface area contributed by atoms with Crippen LogP contribution in [0, 0.1) is 22.7 Å². The summed E-state index contributed by atoms with van der Waals surface area (Å²) >= 11 is 1.09. The third-order valence-electron chi connectivity index (χ3n) is 5.76. The quantitative estimate of drug-likeness (QED) is 0.488. The summed E-state index contributed by atoms with van der Waals surface area (Å²) in [7, 11) is -3.54. The van der Waals surface area contributed by atoms with E-state index in [-0.39, 0.29) is 11.6 Å². The van der Waals surface area contributed by atoms with Gasteiger partial charge in [-0.25, -0.2) is 18.1 Å². The Balaban J connectivity index is 2.00. The van der Waals surface area contributed by atoms with E-state index in [4.69, 9.17) is 10.7 Å². The van der Waals surface area contributed by atoms with Gasteiger partial charge in [-0.2, -0.15) is 10.5 Å². The molecule has 0 bridgehead atoms. The van der Waals surface area contributed by atoms with Crippen LogP contribution in [0.5, 0.6) is 0 Å². The summed E-state index contributed by atoms with van der Waals surface area (Å²) in [5.41, 5.74) is 7.52. The van der Waals surface area contributed by atoms with Crippen molar-refractivity contribution in [2.75, 3.05) is 18.0 Å². The van der Waals surface area contributed by atoms with Crippen LogP contribution in [0.1, 0.15) is 47.3 Å². The molecule has 35 heavy (non-hydrogen) atoms. The van der Waals surface area contributed by atoms with E-state index in [1.165, 1.54) is 0 Å². The molecule has 1 aromatic carbocycles. The van der Waals surface area contributed by atoms with Crippen LogP contribution < -0.4 is 15.4 Å². The predicted octanol–water partition coefficient (Wildman–Crippen LogP) is 2.74. The van der Waals surface area contributed by atoms with Crippen LogP contribution in [-0.2, 0) is 21.2 Å². The molecule has 182 valence electrons. The number of nitrogens with two attached hydrogens (primary N) is 1. The van der Waals surface area contributed by atoms with Gasteiger partial charge in [0.25, 0.3) is 0 Å². The number of benzene rings is 1. The molecule has 0 radical (unpaired) electrons. The molecule has 1 unspecified atom stereocenters. The zero-order chi connectivity index (χ0) is 25.6. The molecule has 2 aromatic rings. The summed E-state index contributed by atoms with van der Waals surface area (Å²) < 4.78 is 26.2. The number of piperidine rings is 1. The molecule has 1 atom stereocenters. The molecule has 1 saturated heterocycles. The van der Waals surface area contributed by atoms with Crippen LogP contribution in [0.3, 0.4) is 0 Å². The van der Waals surface area contributed by atoms with Crippen LogP contribution in [-0.4, -0.2) is 38.4 Å². The first-order valence-corrected chi connectivity index (χ1v) is 13.4. The average Bonchev–Trinajstić information content (AvgIpc) is 2.86. The number of rotatable bonds is 9. The first-order valence-electron chi connectivity index (χ1n) is 11.0. The number of thioether (sulfide) groups is 1. The van der Waals surface area contributed by atoms with Gasteiger partial charge in [-0.05, 0) is 30.4 Å². The van der Waals surface area contributed by atoms with Crippen molar-refractivity contribution in [3.05, 3.63) is 64.6 Å². The second-order valence-corrected chi connectivity index (χ2v) is 10.7. The SMILES string of the molecule is C=CS(=O)(=O)NC1CCN(c2nc(SC(C(N)=O)c3ccccc3)c(C#N)c(CC)c2C#N)CC1. The summed E-state index contributed by atoms with van der Waals surface area (Å²) in [6.45, 7) is 6.10. The van der Waals surface area contributed by atoms with E-state index in [1.54, 1.807) is 24.3 Å². The fourth-order valence-electron chi connectivity index (χ4n) is 4.02. The zero-order valence-electron chi connectivity index (χ0n) is 19.3. The largest absolute Gasteiger partial charge is 0.368 e. The number of sulfonamides is 1. The molecule has 0 spiro atoms. The van der Waals surface area contributed by atoms with Gasteiger partial charge in [0, 0.05) is 24.5 Å². The fraction of sp³-hybridized carbons (Fsp3) is 0.333. The monoisotopic (exact) mass is 510 g/mol.